The molecule has 7 heteroatoms. The van der Waals surface area contributed by atoms with Gasteiger partial charge in [0.25, 0.3) is 5.91 Å². The second-order valence-corrected chi connectivity index (χ2v) is 4.83. The van der Waals surface area contributed by atoms with Gasteiger partial charge in [0.05, 0.1) is 0 Å². The quantitative estimate of drug-likeness (QED) is 0.797. The lowest BCUT2D eigenvalue weighted by atomic mass is 10.2. The molecule has 1 aliphatic heterocycles. The van der Waals surface area contributed by atoms with Crippen molar-refractivity contribution in [2.24, 2.45) is 0 Å². The van der Waals surface area contributed by atoms with Crippen molar-refractivity contribution in [2.75, 3.05) is 31.2 Å². The summed E-state index contributed by atoms with van der Waals surface area (Å²) in [7, 11) is 0. The number of anilines is 1. The van der Waals surface area contributed by atoms with E-state index in [1.807, 2.05) is 12.1 Å². The minimum Gasteiger partial charge on any atom is -0.494 e. The van der Waals surface area contributed by atoms with Gasteiger partial charge in [-0.2, -0.15) is 0 Å². The molecule has 0 unspecified atom stereocenters. The highest BCUT2D eigenvalue weighted by molar-refractivity contribution is 5.98. The summed E-state index contributed by atoms with van der Waals surface area (Å²) in [6.45, 7) is 6.66. The number of carbonyl (C=O) groups is 2. The average Bonchev–Trinajstić information content (AvgIpc) is 2.61. The number of nitrogens with zero attached hydrogens (tertiary/aromatic N) is 1. The number of hydrogen-bond donors (Lipinski definition) is 2. The molecule has 7 nitrogen and oxygen atoms in total. The summed E-state index contributed by atoms with van der Waals surface area (Å²) in [6, 6.07) is 7.19. The number of nitrogens with one attached hydrogen (secondary N) is 2. The highest BCUT2D eigenvalue weighted by Crippen LogP contribution is 2.14. The first-order valence-corrected chi connectivity index (χ1v) is 7.56. The molecule has 23 heavy (non-hydrogen) atoms. The first kappa shape index (κ1) is 16.7. The molecular formula is C16H21N3O4. The molecule has 0 saturated heterocycles. The van der Waals surface area contributed by atoms with E-state index in [0.29, 0.717) is 18.8 Å². The van der Waals surface area contributed by atoms with Crippen LogP contribution in [0.3, 0.4) is 0 Å². The molecule has 1 aliphatic rings. The molecule has 0 bridgehead atoms. The summed E-state index contributed by atoms with van der Waals surface area (Å²) in [5.74, 6) is -0.923. The largest absolute Gasteiger partial charge is 0.494 e. The van der Waals surface area contributed by atoms with Crippen LogP contribution in [0.4, 0.5) is 5.69 Å². The van der Waals surface area contributed by atoms with E-state index in [4.69, 9.17) is 9.47 Å². The number of carbonyl (C=O) groups excluding carboxylic acids is 2. The van der Waals surface area contributed by atoms with E-state index in [9.17, 15) is 9.59 Å². The predicted molar refractivity (Wildman–Crippen MR) is 85.6 cm³/mol. The SMILES string of the molecule is CCN(CC)c1ccc(C(=O)NNC(=O)C2=COCCO2)cc1. The number of benzene rings is 1. The maximum Gasteiger partial charge on any atom is 0.308 e. The van der Waals surface area contributed by atoms with E-state index < -0.39 is 11.8 Å². The fourth-order valence-electron chi connectivity index (χ4n) is 2.15. The molecule has 2 N–H and O–H groups in total. The van der Waals surface area contributed by atoms with Crippen LogP contribution in [0.5, 0.6) is 0 Å². The van der Waals surface area contributed by atoms with E-state index in [0.717, 1.165) is 18.8 Å². The number of hydrogen-bond acceptors (Lipinski definition) is 5. The summed E-state index contributed by atoms with van der Waals surface area (Å²) in [5, 5.41) is 0. The van der Waals surface area contributed by atoms with Crippen molar-refractivity contribution in [1.82, 2.24) is 10.9 Å². The molecule has 2 rings (SSSR count). The average molecular weight is 319 g/mol. The Labute approximate surface area is 135 Å². The van der Waals surface area contributed by atoms with E-state index >= 15 is 0 Å². The maximum absolute atomic E-state index is 12.0. The molecule has 0 radical (unpaired) electrons. The van der Waals surface area contributed by atoms with Crippen molar-refractivity contribution in [1.29, 1.82) is 0 Å². The molecule has 1 heterocycles. The number of amides is 2. The number of ether oxygens (including phenoxy) is 2. The molecule has 0 saturated carbocycles. The summed E-state index contributed by atoms with van der Waals surface area (Å²) in [6.07, 6.45) is 1.23. The van der Waals surface area contributed by atoms with Gasteiger partial charge in [0, 0.05) is 24.3 Å². The van der Waals surface area contributed by atoms with Gasteiger partial charge in [-0.1, -0.05) is 0 Å². The Balaban J connectivity index is 1.90. The van der Waals surface area contributed by atoms with E-state index in [1.165, 1.54) is 6.26 Å². The lowest BCUT2D eigenvalue weighted by Gasteiger charge is -2.21. The van der Waals surface area contributed by atoms with E-state index in [1.54, 1.807) is 12.1 Å². The minimum atomic E-state index is -0.558. The van der Waals surface area contributed by atoms with Gasteiger partial charge in [0.2, 0.25) is 5.76 Å². The normalized spacial score (nSPS) is 13.2. The molecule has 2 amide bonds. The van der Waals surface area contributed by atoms with Gasteiger partial charge in [-0.25, -0.2) is 0 Å². The molecule has 1 aromatic rings. The van der Waals surface area contributed by atoms with Crippen molar-refractivity contribution in [3.05, 3.63) is 41.9 Å². The first-order chi connectivity index (χ1) is 11.2. The van der Waals surface area contributed by atoms with Gasteiger partial charge in [-0.05, 0) is 38.1 Å². The van der Waals surface area contributed by atoms with Gasteiger partial charge in [0.1, 0.15) is 19.5 Å². The van der Waals surface area contributed by atoms with Gasteiger partial charge in [-0.15, -0.1) is 0 Å². The number of rotatable bonds is 5. The van der Waals surface area contributed by atoms with Crippen molar-refractivity contribution < 1.29 is 19.1 Å². The monoisotopic (exact) mass is 319 g/mol. The molecule has 0 aromatic heterocycles. The minimum absolute atomic E-state index is 0.0356. The third-order valence-electron chi connectivity index (χ3n) is 3.42. The molecule has 0 fully saturated rings. The van der Waals surface area contributed by atoms with E-state index in [-0.39, 0.29) is 5.76 Å². The highest BCUT2D eigenvalue weighted by atomic mass is 16.6. The van der Waals surface area contributed by atoms with Gasteiger partial charge < -0.3 is 14.4 Å². The summed E-state index contributed by atoms with van der Waals surface area (Å²) < 4.78 is 10.1. The highest BCUT2D eigenvalue weighted by Gasteiger charge is 2.16. The van der Waals surface area contributed by atoms with Crippen molar-refractivity contribution in [3.8, 4) is 0 Å². The Bertz CT molecular complexity index is 579. The fourth-order valence-corrected chi connectivity index (χ4v) is 2.15. The lowest BCUT2D eigenvalue weighted by Crippen LogP contribution is -2.43. The Morgan fingerprint density at radius 1 is 1.04 bits per heavy atom. The smallest absolute Gasteiger partial charge is 0.308 e. The Hall–Kier alpha value is -2.70. The molecule has 1 aromatic carbocycles. The van der Waals surface area contributed by atoms with Crippen LogP contribution in [-0.4, -0.2) is 38.1 Å². The van der Waals surface area contributed by atoms with Crippen LogP contribution in [-0.2, 0) is 14.3 Å². The summed E-state index contributed by atoms with van der Waals surface area (Å²) in [5.41, 5.74) is 6.14. The van der Waals surface area contributed by atoms with Gasteiger partial charge in [-0.3, -0.25) is 20.4 Å². The summed E-state index contributed by atoms with van der Waals surface area (Å²) in [4.78, 5) is 25.9. The second-order valence-electron chi connectivity index (χ2n) is 4.83. The van der Waals surface area contributed by atoms with Crippen LogP contribution in [0.1, 0.15) is 24.2 Å². The Kier molecular flexibility index (Phi) is 5.85. The van der Waals surface area contributed by atoms with Gasteiger partial charge in [0.15, 0.2) is 0 Å². The van der Waals surface area contributed by atoms with Crippen LogP contribution < -0.4 is 15.8 Å². The Morgan fingerprint density at radius 3 is 2.26 bits per heavy atom. The Morgan fingerprint density at radius 2 is 1.70 bits per heavy atom. The molecule has 0 aliphatic carbocycles. The lowest BCUT2D eigenvalue weighted by molar-refractivity contribution is -0.123. The fraction of sp³-hybridized carbons (Fsp3) is 0.375. The third-order valence-corrected chi connectivity index (χ3v) is 3.42. The van der Waals surface area contributed by atoms with Crippen LogP contribution in [0.15, 0.2) is 36.3 Å². The van der Waals surface area contributed by atoms with Crippen LogP contribution in [0.2, 0.25) is 0 Å². The second kappa shape index (κ2) is 8.07. The zero-order valence-electron chi connectivity index (χ0n) is 13.3. The molecule has 0 atom stereocenters. The first-order valence-electron chi connectivity index (χ1n) is 7.56. The molecule has 0 spiro atoms. The van der Waals surface area contributed by atoms with Gasteiger partial charge >= 0.3 is 5.91 Å². The summed E-state index contributed by atoms with van der Waals surface area (Å²) >= 11 is 0. The maximum atomic E-state index is 12.0. The van der Waals surface area contributed by atoms with Crippen molar-refractivity contribution in [3.63, 3.8) is 0 Å². The number of hydrazine groups is 1. The van der Waals surface area contributed by atoms with Crippen molar-refractivity contribution in [2.45, 2.75) is 13.8 Å². The van der Waals surface area contributed by atoms with Crippen LogP contribution >= 0.6 is 0 Å². The zero-order chi connectivity index (χ0) is 16.7. The molecular weight excluding hydrogens is 298 g/mol. The topological polar surface area (TPSA) is 79.9 Å². The third kappa shape index (κ3) is 4.38. The van der Waals surface area contributed by atoms with Crippen molar-refractivity contribution >= 4 is 17.5 Å². The van der Waals surface area contributed by atoms with E-state index in [2.05, 4.69) is 29.6 Å². The predicted octanol–water partition coefficient (Wildman–Crippen LogP) is 1.18. The molecule has 124 valence electrons. The standard InChI is InChI=1S/C16H21N3O4/c1-3-19(4-2)13-7-5-12(6-8-13)15(20)17-18-16(21)14-11-22-9-10-23-14/h5-8,11H,3-4,9-10H2,1-2H3,(H,17,20)(H,18,21). The zero-order valence-corrected chi connectivity index (χ0v) is 13.3. The van der Waals surface area contributed by atoms with Crippen LogP contribution in [0, 0.1) is 0 Å². The van der Waals surface area contributed by atoms with Crippen LogP contribution in [0.25, 0.3) is 0 Å².